The number of hydrogen-bond donors (Lipinski definition) is 2. The van der Waals surface area contributed by atoms with Crippen molar-refractivity contribution in [1.82, 2.24) is 5.32 Å². The molecule has 3 aromatic rings. The fraction of sp³-hybridized carbons (Fsp3) is 0.217. The van der Waals surface area contributed by atoms with Crippen molar-refractivity contribution in [3.8, 4) is 5.75 Å². The zero-order valence-corrected chi connectivity index (χ0v) is 15.0. The third kappa shape index (κ3) is 5.19. The quantitative estimate of drug-likeness (QED) is 0.623. The molecule has 0 unspecified atom stereocenters. The first-order valence-corrected chi connectivity index (χ1v) is 8.95. The molecule has 0 radical (unpaired) electrons. The van der Waals surface area contributed by atoms with Gasteiger partial charge >= 0.3 is 0 Å². The Balaban J connectivity index is 1.49. The van der Waals surface area contributed by atoms with Gasteiger partial charge in [0.05, 0.1) is 6.10 Å². The maximum Gasteiger partial charge on any atom is 0.119 e. The lowest BCUT2D eigenvalue weighted by atomic mass is 10.1. The summed E-state index contributed by atoms with van der Waals surface area (Å²) in [6.45, 7) is 3.14. The van der Waals surface area contributed by atoms with E-state index in [1.807, 2.05) is 72.8 Å². The summed E-state index contributed by atoms with van der Waals surface area (Å²) in [5.41, 5.74) is 3.23. The van der Waals surface area contributed by atoms with Gasteiger partial charge in [0, 0.05) is 12.6 Å². The number of nitrogens with one attached hydrogen (secondary N) is 1. The van der Waals surface area contributed by atoms with Crippen molar-refractivity contribution in [2.24, 2.45) is 0 Å². The van der Waals surface area contributed by atoms with Gasteiger partial charge in [-0.3, -0.25) is 0 Å². The van der Waals surface area contributed by atoms with Crippen molar-refractivity contribution in [3.63, 3.8) is 0 Å². The topological polar surface area (TPSA) is 41.5 Å². The summed E-state index contributed by atoms with van der Waals surface area (Å²) in [7, 11) is 0. The third-order valence-corrected chi connectivity index (χ3v) is 4.43. The second kappa shape index (κ2) is 9.18. The van der Waals surface area contributed by atoms with Gasteiger partial charge < -0.3 is 15.2 Å². The molecule has 0 heterocycles. The normalized spacial score (nSPS) is 13.2. The van der Waals surface area contributed by atoms with Crippen LogP contribution < -0.4 is 10.1 Å². The van der Waals surface area contributed by atoms with Crippen molar-refractivity contribution in [3.05, 3.63) is 102 Å². The predicted molar refractivity (Wildman–Crippen MR) is 105 cm³/mol. The molecule has 3 nitrogen and oxygen atoms in total. The number of rotatable bonds is 8. The first-order chi connectivity index (χ1) is 12.7. The molecule has 0 bridgehead atoms. The van der Waals surface area contributed by atoms with Crippen molar-refractivity contribution in [1.29, 1.82) is 0 Å². The minimum Gasteiger partial charge on any atom is -0.489 e. The molecule has 0 fully saturated rings. The molecule has 2 atom stereocenters. The van der Waals surface area contributed by atoms with E-state index >= 15 is 0 Å². The maximum atomic E-state index is 10.4. The van der Waals surface area contributed by atoms with Crippen LogP contribution in [0.15, 0.2) is 84.9 Å². The number of aliphatic hydroxyl groups is 1. The van der Waals surface area contributed by atoms with E-state index in [0.29, 0.717) is 13.2 Å². The van der Waals surface area contributed by atoms with Gasteiger partial charge in [-0.15, -0.1) is 0 Å². The molecular formula is C23H25NO2. The Kier molecular flexibility index (Phi) is 6.42. The summed E-state index contributed by atoms with van der Waals surface area (Å²) in [5, 5.41) is 13.8. The van der Waals surface area contributed by atoms with Gasteiger partial charge in [0.25, 0.3) is 0 Å². The van der Waals surface area contributed by atoms with Gasteiger partial charge in [-0.05, 0) is 35.7 Å². The minimum absolute atomic E-state index is 0.194. The van der Waals surface area contributed by atoms with Crippen molar-refractivity contribution < 1.29 is 9.84 Å². The van der Waals surface area contributed by atoms with Crippen molar-refractivity contribution >= 4 is 0 Å². The van der Waals surface area contributed by atoms with Crippen LogP contribution in [0.2, 0.25) is 0 Å². The van der Waals surface area contributed by atoms with Crippen LogP contribution in [0.1, 0.15) is 35.8 Å². The second-order valence-corrected chi connectivity index (χ2v) is 6.40. The van der Waals surface area contributed by atoms with Gasteiger partial charge in [-0.1, -0.05) is 72.8 Å². The molecule has 134 valence electrons. The largest absolute Gasteiger partial charge is 0.489 e. The first-order valence-electron chi connectivity index (χ1n) is 8.95. The van der Waals surface area contributed by atoms with Gasteiger partial charge in [0.2, 0.25) is 0 Å². The molecular weight excluding hydrogens is 322 g/mol. The first kappa shape index (κ1) is 18.2. The minimum atomic E-state index is -0.552. The molecule has 0 saturated carbocycles. The zero-order chi connectivity index (χ0) is 18.2. The number of hydrogen-bond acceptors (Lipinski definition) is 3. The monoisotopic (exact) mass is 347 g/mol. The molecule has 3 heteroatoms. The molecule has 0 aromatic heterocycles. The Morgan fingerprint density at radius 2 is 1.42 bits per heavy atom. The summed E-state index contributed by atoms with van der Waals surface area (Å²) < 4.78 is 5.79. The molecule has 3 rings (SSSR count). The maximum absolute atomic E-state index is 10.4. The standard InChI is InChI=1S/C23H25NO2/c1-18(20-10-6-3-7-11-20)24-16-23(25)21-12-14-22(15-13-21)26-17-19-8-4-2-5-9-19/h2-15,18,23-25H,16-17H2,1H3/t18-,23-/m1/s1. The fourth-order valence-electron chi connectivity index (χ4n) is 2.79. The smallest absolute Gasteiger partial charge is 0.119 e. The average Bonchev–Trinajstić information content (AvgIpc) is 2.72. The van der Waals surface area contributed by atoms with E-state index in [-0.39, 0.29) is 6.04 Å². The molecule has 0 aliphatic rings. The van der Waals surface area contributed by atoms with E-state index in [1.165, 1.54) is 5.56 Å². The molecule has 0 aliphatic carbocycles. The van der Waals surface area contributed by atoms with Gasteiger partial charge in [0.15, 0.2) is 0 Å². The van der Waals surface area contributed by atoms with Crippen molar-refractivity contribution in [2.45, 2.75) is 25.7 Å². The third-order valence-electron chi connectivity index (χ3n) is 4.43. The number of benzene rings is 3. The zero-order valence-electron chi connectivity index (χ0n) is 15.0. The molecule has 26 heavy (non-hydrogen) atoms. The SMILES string of the molecule is C[C@@H](NC[C@@H](O)c1ccc(OCc2ccccc2)cc1)c1ccccc1. The Morgan fingerprint density at radius 1 is 0.808 bits per heavy atom. The molecule has 0 saturated heterocycles. The lowest BCUT2D eigenvalue weighted by Gasteiger charge is -2.18. The lowest BCUT2D eigenvalue weighted by molar-refractivity contribution is 0.170. The van der Waals surface area contributed by atoms with Crippen LogP contribution in [0.5, 0.6) is 5.75 Å². The Labute approximate surface area is 155 Å². The highest BCUT2D eigenvalue weighted by molar-refractivity contribution is 5.29. The van der Waals surface area contributed by atoms with Gasteiger partial charge in [0.1, 0.15) is 12.4 Å². The van der Waals surface area contributed by atoms with E-state index in [9.17, 15) is 5.11 Å². The van der Waals surface area contributed by atoms with Crippen LogP contribution in [0.25, 0.3) is 0 Å². The van der Waals surface area contributed by atoms with Gasteiger partial charge in [-0.2, -0.15) is 0 Å². The molecule has 3 aromatic carbocycles. The molecule has 0 aliphatic heterocycles. The van der Waals surface area contributed by atoms with E-state index in [0.717, 1.165) is 16.9 Å². The Morgan fingerprint density at radius 3 is 2.08 bits per heavy atom. The highest BCUT2D eigenvalue weighted by Gasteiger charge is 2.10. The highest BCUT2D eigenvalue weighted by atomic mass is 16.5. The van der Waals surface area contributed by atoms with E-state index in [4.69, 9.17) is 4.74 Å². The Bertz CT molecular complexity index is 772. The number of ether oxygens (including phenoxy) is 1. The van der Waals surface area contributed by atoms with Crippen LogP contribution in [0.4, 0.5) is 0 Å². The van der Waals surface area contributed by atoms with Crippen LogP contribution in [-0.4, -0.2) is 11.7 Å². The summed E-state index contributed by atoms with van der Waals surface area (Å²) in [6.07, 6.45) is -0.552. The highest BCUT2D eigenvalue weighted by Crippen LogP contribution is 2.19. The molecule has 2 N–H and O–H groups in total. The van der Waals surface area contributed by atoms with Gasteiger partial charge in [-0.25, -0.2) is 0 Å². The second-order valence-electron chi connectivity index (χ2n) is 6.40. The van der Waals surface area contributed by atoms with Crippen LogP contribution in [-0.2, 0) is 6.61 Å². The summed E-state index contributed by atoms with van der Waals surface area (Å²) >= 11 is 0. The van der Waals surface area contributed by atoms with Crippen LogP contribution >= 0.6 is 0 Å². The van der Waals surface area contributed by atoms with Crippen LogP contribution in [0, 0.1) is 0 Å². The Hall–Kier alpha value is -2.62. The molecule has 0 amide bonds. The predicted octanol–water partition coefficient (Wildman–Crippen LogP) is 4.65. The lowest BCUT2D eigenvalue weighted by Crippen LogP contribution is -2.24. The van der Waals surface area contributed by atoms with Crippen LogP contribution in [0.3, 0.4) is 0 Å². The van der Waals surface area contributed by atoms with E-state index in [2.05, 4.69) is 24.4 Å². The fourth-order valence-corrected chi connectivity index (χ4v) is 2.79. The average molecular weight is 347 g/mol. The summed E-state index contributed by atoms with van der Waals surface area (Å²) in [5.74, 6) is 0.801. The summed E-state index contributed by atoms with van der Waals surface area (Å²) in [6, 6.07) is 28.1. The summed E-state index contributed by atoms with van der Waals surface area (Å²) in [4.78, 5) is 0. The number of aliphatic hydroxyl groups excluding tert-OH is 1. The van der Waals surface area contributed by atoms with E-state index in [1.54, 1.807) is 0 Å². The van der Waals surface area contributed by atoms with E-state index < -0.39 is 6.10 Å². The molecule has 0 spiro atoms. The van der Waals surface area contributed by atoms with Crippen molar-refractivity contribution in [2.75, 3.05) is 6.54 Å².